The Bertz CT molecular complexity index is 877. The maximum Gasteiger partial charge on any atom is 0.331 e. The highest BCUT2D eigenvalue weighted by molar-refractivity contribution is 6.31. The number of esters is 1. The molecule has 1 amide bonds. The van der Waals surface area contributed by atoms with Gasteiger partial charge in [0, 0.05) is 17.2 Å². The number of methoxy groups -OCH3 is 2. The lowest BCUT2D eigenvalue weighted by Crippen LogP contribution is -2.29. The lowest BCUT2D eigenvalue weighted by Gasteiger charge is -2.15. The first-order chi connectivity index (χ1) is 13.3. The van der Waals surface area contributed by atoms with Gasteiger partial charge in [0.1, 0.15) is 11.5 Å². The Kier molecular flexibility index (Phi) is 7.46. The van der Waals surface area contributed by atoms with Crippen molar-refractivity contribution in [2.24, 2.45) is 0 Å². The van der Waals surface area contributed by atoms with Crippen LogP contribution in [0.25, 0.3) is 6.08 Å². The van der Waals surface area contributed by atoms with E-state index < -0.39 is 18.0 Å². The molecule has 0 spiro atoms. The molecule has 0 fully saturated rings. The molecule has 0 aliphatic carbocycles. The van der Waals surface area contributed by atoms with Crippen molar-refractivity contribution in [3.8, 4) is 11.5 Å². The van der Waals surface area contributed by atoms with Crippen LogP contribution in [0.3, 0.4) is 0 Å². The topological polar surface area (TPSA) is 73.9 Å². The molecule has 0 bridgehead atoms. The minimum atomic E-state index is -0.992. The molecule has 28 heavy (non-hydrogen) atoms. The van der Waals surface area contributed by atoms with Crippen molar-refractivity contribution >= 4 is 35.2 Å². The number of halogens is 1. The van der Waals surface area contributed by atoms with Crippen molar-refractivity contribution in [2.75, 3.05) is 19.5 Å². The van der Waals surface area contributed by atoms with Crippen molar-refractivity contribution in [1.82, 2.24) is 0 Å². The van der Waals surface area contributed by atoms with E-state index in [9.17, 15) is 9.59 Å². The van der Waals surface area contributed by atoms with Gasteiger partial charge in [0.2, 0.25) is 0 Å². The summed E-state index contributed by atoms with van der Waals surface area (Å²) in [6.45, 7) is 3.30. The number of nitrogens with one attached hydrogen (secondary N) is 1. The zero-order valence-corrected chi connectivity index (χ0v) is 16.9. The summed E-state index contributed by atoms with van der Waals surface area (Å²) < 4.78 is 15.4. The van der Waals surface area contributed by atoms with Crippen LogP contribution in [0.15, 0.2) is 42.5 Å². The van der Waals surface area contributed by atoms with Gasteiger partial charge in [0.15, 0.2) is 6.10 Å². The maximum absolute atomic E-state index is 12.3. The summed E-state index contributed by atoms with van der Waals surface area (Å²) in [6.07, 6.45) is 1.87. The number of anilines is 1. The second-order valence-electron chi connectivity index (χ2n) is 5.98. The maximum atomic E-state index is 12.3. The smallest absolute Gasteiger partial charge is 0.331 e. The summed E-state index contributed by atoms with van der Waals surface area (Å²) in [5.74, 6) is 0.0312. The molecule has 0 aliphatic rings. The molecule has 6 nitrogen and oxygen atoms in total. The van der Waals surface area contributed by atoms with Gasteiger partial charge < -0.3 is 19.5 Å². The zero-order valence-electron chi connectivity index (χ0n) is 16.1. The summed E-state index contributed by atoms with van der Waals surface area (Å²) in [7, 11) is 3.06. The van der Waals surface area contributed by atoms with Gasteiger partial charge in [-0.15, -0.1) is 0 Å². The second-order valence-corrected chi connectivity index (χ2v) is 6.38. The van der Waals surface area contributed by atoms with E-state index in [1.165, 1.54) is 20.1 Å². The van der Waals surface area contributed by atoms with Crippen molar-refractivity contribution in [1.29, 1.82) is 0 Å². The molecular formula is C21H22ClNO5. The summed E-state index contributed by atoms with van der Waals surface area (Å²) >= 11 is 6.06. The summed E-state index contributed by atoms with van der Waals surface area (Å²) in [5.41, 5.74) is 2.03. The first-order valence-corrected chi connectivity index (χ1v) is 8.89. The van der Waals surface area contributed by atoms with E-state index in [4.69, 9.17) is 25.8 Å². The number of hydrogen-bond donors (Lipinski definition) is 1. The lowest BCUT2D eigenvalue weighted by molar-refractivity contribution is -0.148. The molecule has 2 rings (SSSR count). The highest BCUT2D eigenvalue weighted by Crippen LogP contribution is 2.31. The minimum Gasteiger partial charge on any atom is -0.497 e. The molecule has 2 aromatic carbocycles. The van der Waals surface area contributed by atoms with E-state index in [2.05, 4.69) is 5.32 Å². The van der Waals surface area contributed by atoms with E-state index in [1.807, 2.05) is 6.92 Å². The van der Waals surface area contributed by atoms with Crippen molar-refractivity contribution in [3.63, 3.8) is 0 Å². The van der Waals surface area contributed by atoms with Gasteiger partial charge in [-0.05, 0) is 49.2 Å². The highest BCUT2D eigenvalue weighted by atomic mass is 35.5. The van der Waals surface area contributed by atoms with E-state index in [0.717, 1.165) is 16.9 Å². The molecule has 1 N–H and O–H groups in total. The number of ether oxygens (including phenoxy) is 3. The van der Waals surface area contributed by atoms with E-state index in [-0.39, 0.29) is 0 Å². The molecule has 1 unspecified atom stereocenters. The Balaban J connectivity index is 1.97. The number of benzene rings is 2. The molecule has 1 atom stereocenters. The van der Waals surface area contributed by atoms with Gasteiger partial charge in [-0.2, -0.15) is 0 Å². The Morgan fingerprint density at radius 1 is 1.11 bits per heavy atom. The normalized spacial score (nSPS) is 11.8. The fraction of sp³-hybridized carbons (Fsp3) is 0.238. The Morgan fingerprint density at radius 2 is 1.79 bits per heavy atom. The SMILES string of the molecule is COc1ccc(/C=C/C(=O)OC(C)C(=O)Nc2cc(C)c(Cl)cc2OC)cc1. The van der Waals surface area contributed by atoms with Gasteiger partial charge in [-0.1, -0.05) is 23.7 Å². The minimum absolute atomic E-state index is 0.418. The predicted octanol–water partition coefficient (Wildman–Crippen LogP) is 4.25. The number of amides is 1. The summed E-state index contributed by atoms with van der Waals surface area (Å²) in [6, 6.07) is 10.5. The Hall–Kier alpha value is -2.99. The number of hydrogen-bond acceptors (Lipinski definition) is 5. The van der Waals surface area contributed by atoms with Crippen LogP contribution >= 0.6 is 11.6 Å². The van der Waals surface area contributed by atoms with Crippen LogP contribution in [0.4, 0.5) is 5.69 Å². The van der Waals surface area contributed by atoms with Crippen LogP contribution in [-0.4, -0.2) is 32.2 Å². The van der Waals surface area contributed by atoms with E-state index >= 15 is 0 Å². The predicted molar refractivity (Wildman–Crippen MR) is 109 cm³/mol. The fourth-order valence-corrected chi connectivity index (χ4v) is 2.46. The van der Waals surface area contributed by atoms with Gasteiger partial charge in [-0.25, -0.2) is 4.79 Å². The standard InChI is InChI=1S/C21H22ClNO5/c1-13-11-18(19(27-4)12-17(13)22)23-21(25)14(2)28-20(24)10-7-15-5-8-16(26-3)9-6-15/h5-12,14H,1-4H3,(H,23,25)/b10-7+. The molecule has 148 valence electrons. The first kappa shape index (κ1) is 21.3. The lowest BCUT2D eigenvalue weighted by atomic mass is 10.2. The van der Waals surface area contributed by atoms with Crippen molar-refractivity contribution < 1.29 is 23.8 Å². The van der Waals surface area contributed by atoms with E-state index in [1.54, 1.807) is 49.6 Å². The summed E-state index contributed by atoms with van der Waals surface area (Å²) in [4.78, 5) is 24.3. The van der Waals surface area contributed by atoms with Crippen LogP contribution in [0, 0.1) is 6.92 Å². The molecule has 0 saturated heterocycles. The number of aryl methyl sites for hydroxylation is 1. The molecule has 0 aliphatic heterocycles. The van der Waals surface area contributed by atoms with Crippen LogP contribution in [0.5, 0.6) is 11.5 Å². The average Bonchev–Trinajstić information content (AvgIpc) is 2.69. The number of carbonyl (C=O) groups is 2. The molecule has 0 saturated carbocycles. The zero-order chi connectivity index (χ0) is 20.7. The van der Waals surface area contributed by atoms with Gasteiger partial charge >= 0.3 is 5.97 Å². The molecule has 0 radical (unpaired) electrons. The molecule has 7 heteroatoms. The summed E-state index contributed by atoms with van der Waals surface area (Å²) in [5, 5.41) is 3.21. The van der Waals surface area contributed by atoms with Crippen LogP contribution < -0.4 is 14.8 Å². The molecule has 0 heterocycles. The Morgan fingerprint density at radius 3 is 2.39 bits per heavy atom. The quantitative estimate of drug-likeness (QED) is 0.552. The molecule has 0 aromatic heterocycles. The average molecular weight is 404 g/mol. The van der Waals surface area contributed by atoms with Crippen molar-refractivity contribution in [3.05, 3.63) is 58.6 Å². The van der Waals surface area contributed by atoms with Crippen molar-refractivity contribution in [2.45, 2.75) is 20.0 Å². The molecular weight excluding hydrogens is 382 g/mol. The monoisotopic (exact) mass is 403 g/mol. The third-order valence-corrected chi connectivity index (χ3v) is 4.34. The van der Waals surface area contributed by atoms with Crippen LogP contribution in [0.1, 0.15) is 18.1 Å². The molecule has 2 aromatic rings. The largest absolute Gasteiger partial charge is 0.497 e. The van der Waals surface area contributed by atoms with Gasteiger partial charge in [0.25, 0.3) is 5.91 Å². The number of carbonyl (C=O) groups excluding carboxylic acids is 2. The van der Waals surface area contributed by atoms with Gasteiger partial charge in [0.05, 0.1) is 19.9 Å². The fourth-order valence-electron chi connectivity index (χ4n) is 2.31. The highest BCUT2D eigenvalue weighted by Gasteiger charge is 2.19. The second kappa shape index (κ2) is 9.80. The van der Waals surface area contributed by atoms with Crippen LogP contribution in [0.2, 0.25) is 5.02 Å². The number of rotatable bonds is 7. The van der Waals surface area contributed by atoms with Crippen LogP contribution in [-0.2, 0) is 14.3 Å². The third-order valence-electron chi connectivity index (χ3n) is 3.93. The van der Waals surface area contributed by atoms with E-state index in [0.29, 0.717) is 16.5 Å². The first-order valence-electron chi connectivity index (χ1n) is 8.51. The van der Waals surface area contributed by atoms with Gasteiger partial charge in [-0.3, -0.25) is 4.79 Å². The Labute approximate surface area is 169 Å². The third kappa shape index (κ3) is 5.76.